The van der Waals surface area contributed by atoms with Crippen molar-refractivity contribution in [2.45, 2.75) is 105 Å². The Morgan fingerprint density at radius 3 is 1.23 bits per heavy atom. The molecular formula is C32H46Cl2Zr. The Morgan fingerprint density at radius 1 is 0.629 bits per heavy atom. The molecule has 3 heteroatoms. The Balaban J connectivity index is 0.000000917. The Bertz CT molecular complexity index is 583. The topological polar surface area (TPSA) is 0 Å². The molecule has 35 heavy (non-hydrogen) atoms. The minimum atomic E-state index is -0.826. The van der Waals surface area contributed by atoms with Gasteiger partial charge in [0.15, 0.2) is 0 Å². The molecule has 0 aliphatic heterocycles. The fourth-order valence-corrected chi connectivity index (χ4v) is 8.46. The second kappa shape index (κ2) is 13.2. The van der Waals surface area contributed by atoms with Crippen molar-refractivity contribution in [1.29, 1.82) is 0 Å². The van der Waals surface area contributed by atoms with Gasteiger partial charge in [-0.05, 0) is 135 Å². The van der Waals surface area contributed by atoms with Crippen molar-refractivity contribution in [3.05, 3.63) is 62.2 Å². The summed E-state index contributed by atoms with van der Waals surface area (Å²) in [5.74, 6) is 9.55. The average molecular weight is 593 g/mol. The van der Waals surface area contributed by atoms with Gasteiger partial charge in [0.25, 0.3) is 0 Å². The van der Waals surface area contributed by atoms with Gasteiger partial charge in [0, 0.05) is 0 Å². The summed E-state index contributed by atoms with van der Waals surface area (Å²) in [7, 11) is 9.87. The van der Waals surface area contributed by atoms with Crippen LogP contribution < -0.4 is 0 Å². The molecule has 5 aliphatic rings. The summed E-state index contributed by atoms with van der Waals surface area (Å²) in [5, 5.41) is 0. The Labute approximate surface area is 237 Å². The summed E-state index contributed by atoms with van der Waals surface area (Å²) < 4.78 is 0. The zero-order valence-electron chi connectivity index (χ0n) is 22.5. The molecule has 5 aliphatic carbocycles. The first-order valence-corrected chi connectivity index (χ1v) is 20.7. The van der Waals surface area contributed by atoms with E-state index in [1.165, 1.54) is 77.0 Å². The Morgan fingerprint density at radius 2 is 0.971 bits per heavy atom. The van der Waals surface area contributed by atoms with Crippen molar-refractivity contribution >= 4 is 17.0 Å². The van der Waals surface area contributed by atoms with Crippen LogP contribution in [0.3, 0.4) is 0 Å². The predicted molar refractivity (Wildman–Crippen MR) is 147 cm³/mol. The number of rotatable bonds is 6. The van der Waals surface area contributed by atoms with Crippen LogP contribution in [0.4, 0.5) is 0 Å². The fourth-order valence-electron chi connectivity index (χ4n) is 8.46. The fraction of sp³-hybridized carbons (Fsp3) is 0.688. The van der Waals surface area contributed by atoms with Crippen LogP contribution in [-0.4, -0.2) is 0 Å². The summed E-state index contributed by atoms with van der Waals surface area (Å²) in [5.41, 5.74) is 0.732. The molecule has 0 N–H and O–H groups in total. The molecule has 0 bridgehead atoms. The van der Waals surface area contributed by atoms with Crippen molar-refractivity contribution < 1.29 is 20.8 Å². The van der Waals surface area contributed by atoms with Crippen molar-refractivity contribution in [3.63, 3.8) is 0 Å². The molecule has 0 amide bonds. The van der Waals surface area contributed by atoms with Gasteiger partial charge in [0.05, 0.1) is 0 Å². The van der Waals surface area contributed by atoms with E-state index in [4.69, 9.17) is 17.0 Å². The average Bonchev–Trinajstić information content (AvgIpc) is 3.53. The van der Waals surface area contributed by atoms with Crippen LogP contribution in [0, 0.1) is 96.7 Å². The molecular weight excluding hydrogens is 546 g/mol. The van der Waals surface area contributed by atoms with Crippen LogP contribution in [0.25, 0.3) is 0 Å². The molecule has 0 aromatic carbocycles. The molecule has 5 saturated carbocycles. The summed E-state index contributed by atoms with van der Waals surface area (Å²) in [6.07, 6.45) is 32.7. The van der Waals surface area contributed by atoms with Crippen LogP contribution in [0.1, 0.15) is 105 Å². The first-order valence-electron chi connectivity index (χ1n) is 14.4. The van der Waals surface area contributed by atoms with Crippen molar-refractivity contribution in [2.75, 3.05) is 0 Å². The molecule has 0 nitrogen and oxygen atoms in total. The second-order valence-corrected chi connectivity index (χ2v) is 16.1. The maximum atomic E-state index is 4.93. The van der Waals surface area contributed by atoms with Crippen LogP contribution in [0.5, 0.6) is 0 Å². The normalized spacial score (nSPS) is 34.9. The summed E-state index contributed by atoms with van der Waals surface area (Å²) in [6.45, 7) is 9.47. The monoisotopic (exact) mass is 590 g/mol. The molecule has 0 spiro atoms. The van der Waals surface area contributed by atoms with E-state index in [0.717, 1.165) is 11.8 Å². The van der Waals surface area contributed by atoms with Gasteiger partial charge in [-0.25, -0.2) is 0 Å². The van der Waals surface area contributed by atoms with Gasteiger partial charge in [0.1, 0.15) is 0 Å². The van der Waals surface area contributed by atoms with Crippen LogP contribution in [0.15, 0.2) is 0 Å². The third-order valence-electron chi connectivity index (χ3n) is 10.2. The zero-order valence-corrected chi connectivity index (χ0v) is 26.5. The molecule has 0 aromatic heterocycles. The molecule has 192 valence electrons. The predicted octanol–water partition coefficient (Wildman–Crippen LogP) is 10.2. The SMILES string of the molecule is CC(C)[C]1[CH][CH][C]([C@]2(C3CCCCC3)CC[C@@]2([C]2[CH][CH][C](C(C)C)[CH]2)C2CCCCC2)[CH]1.[Cl][Zr][Cl]. The third-order valence-corrected chi connectivity index (χ3v) is 10.2. The second-order valence-electron chi connectivity index (χ2n) is 12.4. The van der Waals surface area contributed by atoms with E-state index in [1.54, 1.807) is 23.7 Å². The van der Waals surface area contributed by atoms with Crippen LogP contribution in [0.2, 0.25) is 0 Å². The van der Waals surface area contributed by atoms with Crippen molar-refractivity contribution in [1.82, 2.24) is 0 Å². The number of halogens is 2. The van der Waals surface area contributed by atoms with E-state index in [-0.39, 0.29) is 0 Å². The number of hydrogen-bond acceptors (Lipinski definition) is 0. The van der Waals surface area contributed by atoms with Crippen LogP contribution in [-0.2, 0) is 20.8 Å². The van der Waals surface area contributed by atoms with Crippen molar-refractivity contribution in [2.24, 2.45) is 34.5 Å². The molecule has 10 radical (unpaired) electrons. The molecule has 2 atom stereocenters. The van der Waals surface area contributed by atoms with Gasteiger partial charge in [-0.3, -0.25) is 0 Å². The molecule has 0 aromatic rings. The Hall–Kier alpha value is 1.46. The van der Waals surface area contributed by atoms with E-state index < -0.39 is 20.8 Å². The summed E-state index contributed by atoms with van der Waals surface area (Å²) >= 11 is -0.826. The first kappa shape index (κ1) is 29.4. The minimum absolute atomic E-state index is 0.366. The molecule has 5 fully saturated rings. The zero-order chi connectivity index (χ0) is 25.1. The molecule has 0 saturated heterocycles. The molecule has 0 heterocycles. The third kappa shape index (κ3) is 5.70. The van der Waals surface area contributed by atoms with E-state index in [1.807, 2.05) is 0 Å². The summed E-state index contributed by atoms with van der Waals surface area (Å²) in [6, 6.07) is 0. The van der Waals surface area contributed by atoms with Gasteiger partial charge in [-0.15, -0.1) is 0 Å². The standard InChI is InChI=1S/C32H46.2ClH.Zr/c1-23(2)25-15-17-29(21-25)31(27-11-7-5-8-12-27)19-20-32(31,28-13-9-6-10-14-28)30-18-16-26(22-30)24(3)4;;;/h15-18,21-24,27-28H,5-14,19-20H2,1-4H3;2*1H;/q;;;+2/p-2/t31-,32+;;;. The van der Waals surface area contributed by atoms with Gasteiger partial charge in [0.2, 0.25) is 0 Å². The van der Waals surface area contributed by atoms with E-state index in [9.17, 15) is 0 Å². The number of hydrogen-bond donors (Lipinski definition) is 0. The summed E-state index contributed by atoms with van der Waals surface area (Å²) in [4.78, 5) is 0. The van der Waals surface area contributed by atoms with Crippen molar-refractivity contribution in [3.8, 4) is 0 Å². The van der Waals surface area contributed by atoms with Gasteiger partial charge in [-0.2, -0.15) is 0 Å². The first-order chi connectivity index (χ1) is 16.9. The Kier molecular flexibility index (Phi) is 11.1. The maximum absolute atomic E-state index is 4.93. The van der Waals surface area contributed by atoms with Gasteiger partial charge in [-0.1, -0.05) is 66.2 Å². The van der Waals surface area contributed by atoms with Gasteiger partial charge >= 0.3 is 37.9 Å². The quantitative estimate of drug-likeness (QED) is 0.288. The van der Waals surface area contributed by atoms with E-state index >= 15 is 0 Å². The molecule has 0 unspecified atom stereocenters. The molecule has 5 rings (SSSR count). The van der Waals surface area contributed by atoms with E-state index in [0.29, 0.717) is 22.7 Å². The van der Waals surface area contributed by atoms with Gasteiger partial charge < -0.3 is 0 Å². The van der Waals surface area contributed by atoms with Crippen LogP contribution >= 0.6 is 17.0 Å². The van der Waals surface area contributed by atoms with E-state index in [2.05, 4.69) is 66.2 Å².